The van der Waals surface area contributed by atoms with Gasteiger partial charge in [0.15, 0.2) is 5.60 Å². The highest BCUT2D eigenvalue weighted by Crippen LogP contribution is 2.43. The molecule has 0 unspecified atom stereocenters. The van der Waals surface area contributed by atoms with Gasteiger partial charge in [-0.3, -0.25) is 4.79 Å². The van der Waals surface area contributed by atoms with Crippen molar-refractivity contribution < 1.29 is 32.6 Å². The van der Waals surface area contributed by atoms with Gasteiger partial charge in [0.05, 0.1) is 7.11 Å². The minimum atomic E-state index is -4.82. The van der Waals surface area contributed by atoms with Crippen molar-refractivity contribution in [1.29, 1.82) is 0 Å². The Morgan fingerprint density at radius 2 is 1.57 bits per heavy atom. The van der Waals surface area contributed by atoms with Gasteiger partial charge in [0.1, 0.15) is 0 Å². The number of benzene rings is 2. The Morgan fingerprint density at radius 3 is 2.08 bits per heavy atom. The van der Waals surface area contributed by atoms with Gasteiger partial charge in [-0.25, -0.2) is 4.79 Å². The predicted molar refractivity (Wildman–Crippen MR) is 132 cm³/mol. The van der Waals surface area contributed by atoms with E-state index in [2.05, 4.69) is 17.4 Å². The minimum absolute atomic E-state index is 0.00655. The zero-order valence-corrected chi connectivity index (χ0v) is 21.1. The fourth-order valence-corrected chi connectivity index (χ4v) is 5.34. The molecule has 2 aromatic carbocycles. The summed E-state index contributed by atoms with van der Waals surface area (Å²) in [5.41, 5.74) is -2.15. The maximum Gasteiger partial charge on any atom is 0.421 e. The van der Waals surface area contributed by atoms with E-state index >= 15 is 0 Å². The Kier molecular flexibility index (Phi) is 7.55. The summed E-state index contributed by atoms with van der Waals surface area (Å²) in [4.78, 5) is 27.3. The topological polar surface area (TPSA) is 78.9 Å². The number of hydrogen-bond donors (Lipinski definition) is 2. The van der Waals surface area contributed by atoms with Crippen molar-refractivity contribution >= 4 is 12.0 Å². The number of carbonyl (C=O) groups is 2. The van der Waals surface area contributed by atoms with Gasteiger partial charge in [0, 0.05) is 29.6 Å². The fraction of sp³-hybridized carbons (Fsp3) is 0.500. The lowest BCUT2D eigenvalue weighted by atomic mass is 9.67. The number of aliphatic hydroxyl groups is 1. The molecular formula is C28H33F3N2O4. The third-order valence-electron chi connectivity index (χ3n) is 7.87. The van der Waals surface area contributed by atoms with Crippen LogP contribution in [0.2, 0.25) is 0 Å². The van der Waals surface area contributed by atoms with Crippen LogP contribution in [0.1, 0.15) is 66.9 Å². The van der Waals surface area contributed by atoms with Crippen molar-refractivity contribution in [2.24, 2.45) is 0 Å². The summed E-state index contributed by atoms with van der Waals surface area (Å²) >= 11 is 0. The predicted octanol–water partition coefficient (Wildman–Crippen LogP) is 5.30. The third-order valence-corrected chi connectivity index (χ3v) is 7.87. The Morgan fingerprint density at radius 1 is 1.00 bits per heavy atom. The van der Waals surface area contributed by atoms with Crippen LogP contribution >= 0.6 is 0 Å². The van der Waals surface area contributed by atoms with Crippen molar-refractivity contribution in [1.82, 2.24) is 10.2 Å². The van der Waals surface area contributed by atoms with E-state index in [0.29, 0.717) is 19.0 Å². The van der Waals surface area contributed by atoms with Crippen molar-refractivity contribution in [3.63, 3.8) is 0 Å². The number of alkyl carbamates (subject to hydrolysis) is 1. The van der Waals surface area contributed by atoms with Gasteiger partial charge in [-0.2, -0.15) is 13.2 Å². The molecule has 2 amide bonds. The van der Waals surface area contributed by atoms with Crippen molar-refractivity contribution in [2.75, 3.05) is 13.7 Å². The first-order valence-electron chi connectivity index (χ1n) is 12.6. The lowest BCUT2D eigenvalue weighted by molar-refractivity contribution is -0.258. The van der Waals surface area contributed by atoms with E-state index in [1.807, 2.05) is 23.1 Å². The summed E-state index contributed by atoms with van der Waals surface area (Å²) in [7, 11) is 1.33. The number of nitrogens with one attached hydrogen (secondary N) is 1. The Hall–Kier alpha value is -3.07. The van der Waals surface area contributed by atoms with Gasteiger partial charge < -0.3 is 20.1 Å². The number of rotatable bonds is 7. The SMILES string of the molecule is COC(=O)NCC1(c2ccccc2)CCC(N(C(=O)c2ccc([C@](C)(O)C(F)(F)F)cc2)C2CC2)CC1. The summed E-state index contributed by atoms with van der Waals surface area (Å²) in [6, 6.07) is 15.2. The number of methoxy groups -OCH3 is 1. The summed E-state index contributed by atoms with van der Waals surface area (Å²) in [5.74, 6) is -0.203. The molecule has 4 rings (SSSR count). The molecular weight excluding hydrogens is 485 g/mol. The summed E-state index contributed by atoms with van der Waals surface area (Å²) in [6.07, 6.45) is -0.519. The molecule has 0 saturated heterocycles. The van der Waals surface area contributed by atoms with Gasteiger partial charge in [-0.05, 0) is 68.7 Å². The molecule has 2 fully saturated rings. The Labute approximate surface area is 214 Å². The quantitative estimate of drug-likeness (QED) is 0.522. The monoisotopic (exact) mass is 518 g/mol. The number of alkyl halides is 3. The molecule has 0 heterocycles. The summed E-state index contributed by atoms with van der Waals surface area (Å²) in [6.45, 7) is 1.13. The first-order valence-corrected chi connectivity index (χ1v) is 12.6. The molecule has 2 aliphatic carbocycles. The smallest absolute Gasteiger partial charge is 0.421 e. The second-order valence-electron chi connectivity index (χ2n) is 10.3. The van der Waals surface area contributed by atoms with Gasteiger partial charge in [-0.15, -0.1) is 0 Å². The maximum atomic E-state index is 13.5. The molecule has 200 valence electrons. The zero-order chi connectivity index (χ0) is 26.8. The molecule has 0 radical (unpaired) electrons. The van der Waals surface area contributed by atoms with E-state index in [1.54, 1.807) is 0 Å². The zero-order valence-electron chi connectivity index (χ0n) is 21.1. The summed E-state index contributed by atoms with van der Waals surface area (Å²) < 4.78 is 44.4. The maximum absolute atomic E-state index is 13.5. The number of halogens is 3. The highest BCUT2D eigenvalue weighted by Gasteiger charge is 2.51. The van der Waals surface area contributed by atoms with Crippen LogP contribution in [-0.4, -0.2) is 53.9 Å². The van der Waals surface area contributed by atoms with Crippen LogP contribution in [0, 0.1) is 0 Å². The van der Waals surface area contributed by atoms with Crippen LogP contribution in [0.4, 0.5) is 18.0 Å². The molecule has 0 bridgehead atoms. The van der Waals surface area contributed by atoms with Gasteiger partial charge in [0.25, 0.3) is 5.91 Å². The second kappa shape index (κ2) is 10.4. The third kappa shape index (κ3) is 5.61. The molecule has 9 heteroatoms. The van der Waals surface area contributed by atoms with Crippen LogP contribution < -0.4 is 5.32 Å². The first-order chi connectivity index (χ1) is 17.5. The van der Waals surface area contributed by atoms with Crippen LogP contribution in [0.3, 0.4) is 0 Å². The van der Waals surface area contributed by atoms with E-state index in [-0.39, 0.29) is 29.0 Å². The molecule has 6 nitrogen and oxygen atoms in total. The van der Waals surface area contributed by atoms with E-state index < -0.39 is 17.9 Å². The van der Waals surface area contributed by atoms with Crippen LogP contribution in [-0.2, 0) is 15.8 Å². The van der Waals surface area contributed by atoms with Gasteiger partial charge >= 0.3 is 12.3 Å². The van der Waals surface area contributed by atoms with Crippen LogP contribution in [0.25, 0.3) is 0 Å². The lowest BCUT2D eigenvalue weighted by Gasteiger charge is -2.44. The standard InChI is InChI=1S/C28H33F3N2O4/c1-26(36,28(29,30)31)20-10-8-19(9-11-20)24(34)33(22-12-13-22)23-14-16-27(17-15-23,18-32-25(35)37-2)21-6-4-3-5-7-21/h3-11,22-23,36H,12-18H2,1-2H3,(H,32,35)/t23?,26-,27?/m0/s1. The molecule has 0 aliphatic heterocycles. The van der Waals surface area contributed by atoms with Gasteiger partial charge in [0.2, 0.25) is 0 Å². The van der Waals surface area contributed by atoms with E-state index in [0.717, 1.165) is 44.1 Å². The molecule has 37 heavy (non-hydrogen) atoms. The highest BCUT2D eigenvalue weighted by atomic mass is 19.4. The van der Waals surface area contributed by atoms with E-state index in [9.17, 15) is 27.9 Å². The number of ether oxygens (including phenoxy) is 1. The largest absolute Gasteiger partial charge is 0.453 e. The first kappa shape index (κ1) is 27.0. The average molecular weight is 519 g/mol. The molecule has 0 aromatic heterocycles. The number of amides is 2. The fourth-order valence-electron chi connectivity index (χ4n) is 5.34. The number of nitrogens with zero attached hydrogens (tertiary/aromatic N) is 1. The van der Waals surface area contributed by atoms with E-state index in [1.165, 1.54) is 31.4 Å². The van der Waals surface area contributed by atoms with Crippen molar-refractivity contribution in [3.8, 4) is 0 Å². The van der Waals surface area contributed by atoms with Crippen molar-refractivity contribution in [3.05, 3.63) is 71.3 Å². The molecule has 2 N–H and O–H groups in total. The summed E-state index contributed by atoms with van der Waals surface area (Å²) in [5, 5.41) is 12.8. The van der Waals surface area contributed by atoms with Crippen LogP contribution in [0.5, 0.6) is 0 Å². The highest BCUT2D eigenvalue weighted by molar-refractivity contribution is 5.95. The van der Waals surface area contributed by atoms with Crippen LogP contribution in [0.15, 0.2) is 54.6 Å². The molecule has 2 saturated carbocycles. The average Bonchev–Trinajstić information content (AvgIpc) is 3.73. The Balaban J connectivity index is 1.51. The number of carbonyl (C=O) groups excluding carboxylic acids is 2. The molecule has 0 spiro atoms. The number of hydrogen-bond acceptors (Lipinski definition) is 4. The lowest BCUT2D eigenvalue weighted by Crippen LogP contribution is -2.49. The molecule has 1 atom stereocenters. The normalized spacial score (nSPS) is 23.6. The molecule has 2 aromatic rings. The Bertz CT molecular complexity index is 1090. The van der Waals surface area contributed by atoms with Gasteiger partial charge in [-0.1, -0.05) is 42.5 Å². The molecule has 2 aliphatic rings. The minimum Gasteiger partial charge on any atom is -0.453 e. The second-order valence-corrected chi connectivity index (χ2v) is 10.3. The van der Waals surface area contributed by atoms with Crippen molar-refractivity contribution in [2.45, 2.75) is 74.7 Å². The van der Waals surface area contributed by atoms with E-state index in [4.69, 9.17) is 4.74 Å².